The molecule has 1 aromatic carbocycles. The first-order valence-electron chi connectivity index (χ1n) is 12.6. The SMILES string of the molecule is C=CC(=C)N1CCN(Cc2ccc(-n3c(-c4cccnc4N)nc4ccc(C5CC5)nc43)cc2)CC1. The van der Waals surface area contributed by atoms with Crippen molar-refractivity contribution in [2.75, 3.05) is 31.9 Å². The van der Waals surface area contributed by atoms with Crippen LogP contribution in [-0.4, -0.2) is 55.5 Å². The van der Waals surface area contributed by atoms with Gasteiger partial charge in [0.05, 0.1) is 5.56 Å². The van der Waals surface area contributed by atoms with E-state index in [9.17, 15) is 0 Å². The lowest BCUT2D eigenvalue weighted by atomic mass is 10.1. The summed E-state index contributed by atoms with van der Waals surface area (Å²) in [5.74, 6) is 1.80. The first kappa shape index (κ1) is 22.5. The maximum Gasteiger partial charge on any atom is 0.165 e. The second-order valence-corrected chi connectivity index (χ2v) is 9.69. The van der Waals surface area contributed by atoms with E-state index in [1.165, 1.54) is 18.4 Å². The molecule has 0 atom stereocenters. The Hall–Kier alpha value is -3.97. The molecule has 1 saturated heterocycles. The van der Waals surface area contributed by atoms with E-state index in [2.05, 4.69) is 68.9 Å². The smallest absolute Gasteiger partial charge is 0.165 e. The summed E-state index contributed by atoms with van der Waals surface area (Å²) in [6.45, 7) is 12.8. The third-order valence-electron chi connectivity index (χ3n) is 7.22. The third-order valence-corrected chi connectivity index (χ3v) is 7.22. The minimum atomic E-state index is 0.464. The number of nitrogens with two attached hydrogens (primary N) is 1. The molecule has 0 amide bonds. The van der Waals surface area contributed by atoms with Crippen molar-refractivity contribution in [2.45, 2.75) is 25.3 Å². The van der Waals surface area contributed by atoms with E-state index in [0.717, 1.165) is 72.4 Å². The highest BCUT2D eigenvalue weighted by Crippen LogP contribution is 2.40. The summed E-state index contributed by atoms with van der Waals surface area (Å²) in [5.41, 5.74) is 13.3. The summed E-state index contributed by atoms with van der Waals surface area (Å²) >= 11 is 0. The molecule has 36 heavy (non-hydrogen) atoms. The van der Waals surface area contributed by atoms with Crippen LogP contribution in [0.25, 0.3) is 28.2 Å². The number of imidazole rings is 1. The highest BCUT2D eigenvalue weighted by molar-refractivity contribution is 5.83. The van der Waals surface area contributed by atoms with Gasteiger partial charge in [0.15, 0.2) is 11.5 Å². The number of nitrogen functional groups attached to an aromatic ring is 1. The maximum atomic E-state index is 6.27. The standard InChI is InChI=1S/C29H31N7/c1-3-20(2)35-17-15-34(16-18-35)19-21-6-10-23(11-7-21)36-28(24-5-4-14-31-27(24)30)33-26-13-12-25(22-8-9-22)32-29(26)36/h3-7,10-14,22H,1-2,8-9,15-19H2,(H2,30,31). The second-order valence-electron chi connectivity index (χ2n) is 9.69. The highest BCUT2D eigenvalue weighted by atomic mass is 15.3. The number of rotatable bonds is 7. The Morgan fingerprint density at radius 3 is 2.47 bits per heavy atom. The predicted molar refractivity (Wildman–Crippen MR) is 145 cm³/mol. The molecule has 1 aliphatic heterocycles. The van der Waals surface area contributed by atoms with Gasteiger partial charge in [0.2, 0.25) is 0 Å². The molecule has 2 fully saturated rings. The van der Waals surface area contributed by atoms with Crippen molar-refractivity contribution < 1.29 is 0 Å². The minimum absolute atomic E-state index is 0.464. The monoisotopic (exact) mass is 477 g/mol. The van der Waals surface area contributed by atoms with Gasteiger partial charge in [-0.15, -0.1) is 0 Å². The van der Waals surface area contributed by atoms with Crippen molar-refractivity contribution in [2.24, 2.45) is 0 Å². The number of anilines is 1. The lowest BCUT2D eigenvalue weighted by Crippen LogP contribution is -2.44. The molecular weight excluding hydrogens is 446 g/mol. The van der Waals surface area contributed by atoms with E-state index in [1.54, 1.807) is 6.20 Å². The summed E-state index contributed by atoms with van der Waals surface area (Å²) in [5, 5.41) is 0. The van der Waals surface area contributed by atoms with Gasteiger partial charge in [0, 0.05) is 61.9 Å². The molecule has 3 aromatic heterocycles. The molecular formula is C29H31N7. The molecule has 0 radical (unpaired) electrons. The molecule has 1 saturated carbocycles. The Kier molecular flexibility index (Phi) is 5.77. The number of nitrogens with zero attached hydrogens (tertiary/aromatic N) is 6. The fraction of sp³-hybridized carbons (Fsp3) is 0.276. The summed E-state index contributed by atoms with van der Waals surface area (Å²) < 4.78 is 2.12. The third kappa shape index (κ3) is 4.27. The van der Waals surface area contributed by atoms with Gasteiger partial charge < -0.3 is 10.6 Å². The van der Waals surface area contributed by atoms with Gasteiger partial charge in [0.25, 0.3) is 0 Å². The maximum absolute atomic E-state index is 6.27. The topological polar surface area (TPSA) is 76.1 Å². The van der Waals surface area contributed by atoms with Crippen molar-refractivity contribution in [3.63, 3.8) is 0 Å². The number of benzene rings is 1. The zero-order valence-electron chi connectivity index (χ0n) is 20.5. The summed E-state index contributed by atoms with van der Waals surface area (Å²) in [7, 11) is 0. The van der Waals surface area contributed by atoms with E-state index >= 15 is 0 Å². The van der Waals surface area contributed by atoms with Crippen molar-refractivity contribution in [1.29, 1.82) is 0 Å². The van der Waals surface area contributed by atoms with Gasteiger partial charge in [-0.1, -0.05) is 25.3 Å². The zero-order valence-corrected chi connectivity index (χ0v) is 20.5. The van der Waals surface area contributed by atoms with Crippen LogP contribution < -0.4 is 5.73 Å². The first-order chi connectivity index (χ1) is 17.6. The Morgan fingerprint density at radius 1 is 1.00 bits per heavy atom. The van der Waals surface area contributed by atoms with Crippen LogP contribution in [0.3, 0.4) is 0 Å². The molecule has 0 unspecified atom stereocenters. The van der Waals surface area contributed by atoms with Gasteiger partial charge in [-0.05, 0) is 60.9 Å². The fourth-order valence-electron chi connectivity index (χ4n) is 4.94. The fourth-order valence-corrected chi connectivity index (χ4v) is 4.94. The highest BCUT2D eigenvalue weighted by Gasteiger charge is 2.26. The molecule has 4 heterocycles. The van der Waals surface area contributed by atoms with Crippen LogP contribution >= 0.6 is 0 Å². The van der Waals surface area contributed by atoms with Crippen molar-refractivity contribution >= 4 is 17.0 Å². The Morgan fingerprint density at radius 2 is 1.78 bits per heavy atom. The Balaban J connectivity index is 1.31. The normalized spacial score (nSPS) is 16.4. The van der Waals surface area contributed by atoms with E-state index in [-0.39, 0.29) is 0 Å². The lowest BCUT2D eigenvalue weighted by Gasteiger charge is -2.36. The summed E-state index contributed by atoms with van der Waals surface area (Å²) in [6.07, 6.45) is 5.96. The number of aromatic nitrogens is 4. The van der Waals surface area contributed by atoms with Crippen LogP contribution in [-0.2, 0) is 6.54 Å². The van der Waals surface area contributed by atoms with Crippen LogP contribution in [0, 0.1) is 0 Å². The lowest BCUT2D eigenvalue weighted by molar-refractivity contribution is 0.156. The van der Waals surface area contributed by atoms with Crippen LogP contribution in [0.15, 0.2) is 79.7 Å². The zero-order chi connectivity index (χ0) is 24.6. The minimum Gasteiger partial charge on any atom is -0.383 e. The quantitative estimate of drug-likeness (QED) is 0.387. The molecule has 7 nitrogen and oxygen atoms in total. The van der Waals surface area contributed by atoms with Gasteiger partial charge >= 0.3 is 0 Å². The number of hydrogen-bond donors (Lipinski definition) is 1. The van der Waals surface area contributed by atoms with Gasteiger partial charge in [-0.3, -0.25) is 9.47 Å². The van der Waals surface area contributed by atoms with E-state index in [0.29, 0.717) is 11.7 Å². The summed E-state index contributed by atoms with van der Waals surface area (Å²) in [4.78, 5) is 19.1. The molecule has 182 valence electrons. The predicted octanol–water partition coefficient (Wildman–Crippen LogP) is 4.76. The van der Waals surface area contributed by atoms with Crippen LogP contribution in [0.1, 0.15) is 30.0 Å². The van der Waals surface area contributed by atoms with Crippen LogP contribution in [0.2, 0.25) is 0 Å². The summed E-state index contributed by atoms with van der Waals surface area (Å²) in [6, 6.07) is 16.8. The van der Waals surface area contributed by atoms with Crippen LogP contribution in [0.4, 0.5) is 5.82 Å². The molecule has 1 aliphatic carbocycles. The number of piperazine rings is 1. The van der Waals surface area contributed by atoms with Crippen molar-refractivity contribution in [3.8, 4) is 17.1 Å². The molecule has 6 rings (SSSR count). The first-order valence-corrected chi connectivity index (χ1v) is 12.6. The average molecular weight is 478 g/mol. The Labute approximate surface area is 211 Å². The number of pyridine rings is 2. The number of hydrogen-bond acceptors (Lipinski definition) is 6. The number of allylic oxidation sites excluding steroid dienone is 1. The van der Waals surface area contributed by atoms with Gasteiger partial charge in [-0.25, -0.2) is 15.0 Å². The van der Waals surface area contributed by atoms with Gasteiger partial charge in [0.1, 0.15) is 11.3 Å². The van der Waals surface area contributed by atoms with Gasteiger partial charge in [-0.2, -0.15) is 0 Å². The van der Waals surface area contributed by atoms with E-state index in [4.69, 9.17) is 15.7 Å². The largest absolute Gasteiger partial charge is 0.383 e. The molecule has 2 aliphatic rings. The number of fused-ring (bicyclic) bond motifs is 1. The molecule has 0 spiro atoms. The molecule has 0 bridgehead atoms. The average Bonchev–Trinajstić information content (AvgIpc) is 3.70. The molecule has 2 N–H and O–H groups in total. The van der Waals surface area contributed by atoms with Crippen molar-refractivity contribution in [3.05, 3.63) is 90.9 Å². The van der Waals surface area contributed by atoms with E-state index in [1.807, 2.05) is 18.2 Å². The molecule has 7 heteroatoms. The Bertz CT molecular complexity index is 1420. The molecule has 4 aromatic rings. The van der Waals surface area contributed by atoms with Crippen molar-refractivity contribution in [1.82, 2.24) is 29.3 Å². The second kappa shape index (κ2) is 9.24. The van der Waals surface area contributed by atoms with E-state index < -0.39 is 0 Å². The van der Waals surface area contributed by atoms with Crippen LogP contribution in [0.5, 0.6) is 0 Å².